The van der Waals surface area contributed by atoms with Gasteiger partial charge in [-0.3, -0.25) is 0 Å². The van der Waals surface area contributed by atoms with Crippen LogP contribution in [0.15, 0.2) is 30.3 Å². The van der Waals surface area contributed by atoms with Crippen molar-refractivity contribution in [2.24, 2.45) is 10.8 Å². The van der Waals surface area contributed by atoms with Crippen LogP contribution in [0, 0.1) is 10.8 Å². The summed E-state index contributed by atoms with van der Waals surface area (Å²) in [6, 6.07) is 10.7. The van der Waals surface area contributed by atoms with Gasteiger partial charge in [0.25, 0.3) is 0 Å². The molecule has 1 fully saturated rings. The highest BCUT2D eigenvalue weighted by Crippen LogP contribution is 2.64. The van der Waals surface area contributed by atoms with Crippen LogP contribution < -0.4 is 11.1 Å². The Morgan fingerprint density at radius 3 is 2.25 bits per heavy atom. The summed E-state index contributed by atoms with van der Waals surface area (Å²) in [5.41, 5.74) is 8.81. The third-order valence-electron chi connectivity index (χ3n) is 5.08. The van der Waals surface area contributed by atoms with Crippen molar-refractivity contribution in [2.75, 3.05) is 11.1 Å². The largest absolute Gasteiger partial charge is 0.382 e. The molecule has 0 radical (unpaired) electrons. The summed E-state index contributed by atoms with van der Waals surface area (Å²) in [6.45, 7) is 9.21. The minimum absolute atomic E-state index is 0.291. The van der Waals surface area contributed by atoms with Gasteiger partial charge in [0.2, 0.25) is 0 Å². The van der Waals surface area contributed by atoms with Crippen molar-refractivity contribution in [1.29, 1.82) is 0 Å². The van der Waals surface area contributed by atoms with E-state index in [0.717, 1.165) is 16.1 Å². The summed E-state index contributed by atoms with van der Waals surface area (Å²) in [6.07, 6.45) is 0. The van der Waals surface area contributed by atoms with E-state index in [1.54, 1.807) is 0 Å². The van der Waals surface area contributed by atoms with E-state index >= 15 is 0 Å². The molecule has 1 aromatic carbocycles. The van der Waals surface area contributed by atoms with Gasteiger partial charge >= 0.3 is 0 Å². The van der Waals surface area contributed by atoms with Gasteiger partial charge in [-0.1, -0.05) is 58.0 Å². The van der Waals surface area contributed by atoms with Gasteiger partial charge < -0.3 is 11.1 Å². The van der Waals surface area contributed by atoms with E-state index in [1.165, 1.54) is 11.5 Å². The van der Waals surface area contributed by atoms with E-state index in [4.69, 9.17) is 5.73 Å². The zero-order valence-corrected chi connectivity index (χ0v) is 13.2. The van der Waals surface area contributed by atoms with E-state index in [1.807, 2.05) is 18.2 Å². The highest BCUT2D eigenvalue weighted by molar-refractivity contribution is 7.11. The molecule has 1 saturated carbocycles. The first-order chi connectivity index (χ1) is 9.35. The van der Waals surface area contributed by atoms with E-state index in [0.29, 0.717) is 22.7 Å². The standard InChI is InChI=1S/C16H21N3S/c1-15(2)14(16(15,3)4)18-13-11(12(17)19-20-13)10-8-6-5-7-9-10/h5-9,14,18H,1-4H3,(H2,17,19). The molecule has 3 nitrogen and oxygen atoms in total. The number of nitrogen functional groups attached to an aromatic ring is 1. The van der Waals surface area contributed by atoms with Crippen LogP contribution in [0.2, 0.25) is 0 Å². The zero-order chi connectivity index (χ0) is 14.5. The second kappa shape index (κ2) is 4.22. The van der Waals surface area contributed by atoms with Crippen molar-refractivity contribution < 1.29 is 0 Å². The monoisotopic (exact) mass is 287 g/mol. The first-order valence-electron chi connectivity index (χ1n) is 6.93. The molecule has 0 unspecified atom stereocenters. The molecular formula is C16H21N3S. The van der Waals surface area contributed by atoms with Gasteiger partial charge in [-0.05, 0) is 27.9 Å². The van der Waals surface area contributed by atoms with Gasteiger partial charge in [-0.2, -0.15) is 4.37 Å². The Kier molecular flexibility index (Phi) is 2.83. The minimum atomic E-state index is 0.291. The summed E-state index contributed by atoms with van der Waals surface area (Å²) < 4.78 is 4.33. The number of benzene rings is 1. The third kappa shape index (κ3) is 1.82. The van der Waals surface area contributed by atoms with E-state index < -0.39 is 0 Å². The van der Waals surface area contributed by atoms with Crippen molar-refractivity contribution in [2.45, 2.75) is 33.7 Å². The normalized spacial score (nSPS) is 19.8. The van der Waals surface area contributed by atoms with Crippen LogP contribution in [0.1, 0.15) is 27.7 Å². The number of nitrogens with two attached hydrogens (primary N) is 1. The first-order valence-corrected chi connectivity index (χ1v) is 7.70. The van der Waals surface area contributed by atoms with E-state index in [-0.39, 0.29) is 0 Å². The van der Waals surface area contributed by atoms with Crippen molar-refractivity contribution in [3.05, 3.63) is 30.3 Å². The number of hydrogen-bond acceptors (Lipinski definition) is 4. The predicted molar refractivity (Wildman–Crippen MR) is 86.9 cm³/mol. The quantitative estimate of drug-likeness (QED) is 0.887. The minimum Gasteiger partial charge on any atom is -0.382 e. The SMILES string of the molecule is CC1(C)C(Nc2snc(N)c2-c2ccccc2)C1(C)C. The molecule has 1 aliphatic carbocycles. The lowest BCUT2D eigenvalue weighted by Gasteiger charge is -2.09. The number of rotatable bonds is 3. The summed E-state index contributed by atoms with van der Waals surface area (Å²) in [5.74, 6) is 0.611. The molecule has 3 N–H and O–H groups in total. The smallest absolute Gasteiger partial charge is 0.147 e. The van der Waals surface area contributed by atoms with Gasteiger partial charge in [-0.15, -0.1) is 0 Å². The fourth-order valence-electron chi connectivity index (χ4n) is 2.97. The lowest BCUT2D eigenvalue weighted by atomic mass is 10.0. The van der Waals surface area contributed by atoms with Crippen molar-refractivity contribution in [3.63, 3.8) is 0 Å². The number of anilines is 2. The number of hydrogen-bond donors (Lipinski definition) is 2. The number of nitrogens with one attached hydrogen (secondary N) is 1. The molecular weight excluding hydrogens is 266 g/mol. The second-order valence-electron chi connectivity index (χ2n) is 6.66. The second-order valence-corrected chi connectivity index (χ2v) is 7.43. The summed E-state index contributed by atoms with van der Waals surface area (Å²) in [7, 11) is 0. The van der Waals surface area contributed by atoms with E-state index in [9.17, 15) is 0 Å². The summed E-state index contributed by atoms with van der Waals surface area (Å²) in [4.78, 5) is 0. The van der Waals surface area contributed by atoms with Crippen molar-refractivity contribution in [3.8, 4) is 11.1 Å². The highest BCUT2D eigenvalue weighted by atomic mass is 32.1. The van der Waals surface area contributed by atoms with Crippen LogP contribution in [-0.4, -0.2) is 10.4 Å². The molecule has 0 amide bonds. The summed E-state index contributed by atoms with van der Waals surface area (Å²) >= 11 is 1.45. The molecule has 1 aromatic heterocycles. The zero-order valence-electron chi connectivity index (χ0n) is 12.4. The maximum atomic E-state index is 6.06. The highest BCUT2D eigenvalue weighted by Gasteiger charge is 2.65. The van der Waals surface area contributed by atoms with Crippen molar-refractivity contribution >= 4 is 22.4 Å². The number of aromatic nitrogens is 1. The van der Waals surface area contributed by atoms with Gasteiger partial charge in [-0.25, -0.2) is 0 Å². The Hall–Kier alpha value is -1.55. The molecule has 0 aliphatic heterocycles. The van der Waals surface area contributed by atoms with Crippen LogP contribution in [0.25, 0.3) is 11.1 Å². The third-order valence-corrected chi connectivity index (χ3v) is 5.87. The molecule has 2 aromatic rings. The fourth-order valence-corrected chi connectivity index (χ4v) is 3.74. The molecule has 20 heavy (non-hydrogen) atoms. The molecule has 3 rings (SSSR count). The van der Waals surface area contributed by atoms with Crippen LogP contribution >= 0.6 is 11.5 Å². The molecule has 0 spiro atoms. The molecule has 0 atom stereocenters. The Morgan fingerprint density at radius 1 is 1.10 bits per heavy atom. The van der Waals surface area contributed by atoms with Crippen LogP contribution in [0.5, 0.6) is 0 Å². The maximum absolute atomic E-state index is 6.06. The average molecular weight is 287 g/mol. The lowest BCUT2D eigenvalue weighted by molar-refractivity contribution is 0.457. The molecule has 106 valence electrons. The fraction of sp³-hybridized carbons (Fsp3) is 0.438. The van der Waals surface area contributed by atoms with Gasteiger partial charge in [0.05, 0.1) is 5.56 Å². The van der Waals surface area contributed by atoms with Gasteiger partial charge in [0.15, 0.2) is 0 Å². The lowest BCUT2D eigenvalue weighted by Crippen LogP contribution is -2.09. The van der Waals surface area contributed by atoms with Crippen LogP contribution in [0.3, 0.4) is 0 Å². The molecule has 1 aliphatic rings. The topological polar surface area (TPSA) is 50.9 Å². The molecule has 4 heteroatoms. The molecule has 0 saturated heterocycles. The van der Waals surface area contributed by atoms with Crippen molar-refractivity contribution in [1.82, 2.24) is 4.37 Å². The molecule has 0 bridgehead atoms. The van der Waals surface area contributed by atoms with Crippen LogP contribution in [0.4, 0.5) is 10.8 Å². The van der Waals surface area contributed by atoms with Crippen LogP contribution in [-0.2, 0) is 0 Å². The van der Waals surface area contributed by atoms with E-state index in [2.05, 4.69) is 49.5 Å². The average Bonchev–Trinajstić information content (AvgIpc) is 2.71. The Bertz CT molecular complexity index is 614. The first kappa shape index (κ1) is 13.4. The Balaban J connectivity index is 1.94. The van der Waals surface area contributed by atoms with Gasteiger partial charge in [0.1, 0.15) is 10.8 Å². The predicted octanol–water partition coefficient (Wildman–Crippen LogP) is 4.24. The number of nitrogens with zero attached hydrogens (tertiary/aromatic N) is 1. The maximum Gasteiger partial charge on any atom is 0.147 e. The molecule has 1 heterocycles. The van der Waals surface area contributed by atoms with Gasteiger partial charge in [0, 0.05) is 6.04 Å². The Labute approximate surface area is 124 Å². The Morgan fingerprint density at radius 2 is 1.70 bits per heavy atom. The summed E-state index contributed by atoms with van der Waals surface area (Å²) in [5, 5.41) is 4.74.